The second-order valence-electron chi connectivity index (χ2n) is 11.2. The van der Waals surface area contributed by atoms with Crippen LogP contribution in [0.25, 0.3) is 16.7 Å². The highest BCUT2D eigenvalue weighted by molar-refractivity contribution is 6.12. The smallest absolute Gasteiger partial charge is 0.410 e. The number of pyridine rings is 2. The van der Waals surface area contributed by atoms with Gasteiger partial charge in [0.2, 0.25) is 0 Å². The summed E-state index contributed by atoms with van der Waals surface area (Å²) in [6.07, 6.45) is 9.29. The van der Waals surface area contributed by atoms with Gasteiger partial charge in [-0.1, -0.05) is 0 Å². The summed E-state index contributed by atoms with van der Waals surface area (Å²) < 4.78 is 21.7. The minimum Gasteiger partial charge on any atom is -0.444 e. The normalized spacial score (nSPS) is 16.6. The lowest BCUT2D eigenvalue weighted by atomic mass is 10.1. The second-order valence-corrected chi connectivity index (χ2v) is 11.2. The summed E-state index contributed by atoms with van der Waals surface area (Å²) in [7, 11) is 0. The number of nitrogens with one attached hydrogen (secondary N) is 1. The number of rotatable bonds is 3. The Bertz CT molecular complexity index is 1620. The summed E-state index contributed by atoms with van der Waals surface area (Å²) in [5, 5.41) is 2.74. The Labute approximate surface area is 224 Å². The fraction of sp³-hybridized carbons (Fsp3) is 0.407. The molecule has 2 amide bonds. The SMILES string of the molecule is Cc1cn2cc(NC(=O)c3cnc(N4CCN(C(=O)OC(C)(C)C)C5(CC5)C4)c4nccnc34)cc(F)c2n1. The highest BCUT2D eigenvalue weighted by Gasteiger charge is 2.54. The first-order valence-corrected chi connectivity index (χ1v) is 12.8. The summed E-state index contributed by atoms with van der Waals surface area (Å²) in [5.74, 6) is -0.423. The number of nitrogens with zero attached hydrogens (tertiary/aromatic N) is 7. The average Bonchev–Trinajstić information content (AvgIpc) is 3.51. The summed E-state index contributed by atoms with van der Waals surface area (Å²) in [5.41, 5.74) is 1.35. The number of carbonyl (C=O) groups is 2. The van der Waals surface area contributed by atoms with Gasteiger partial charge in [-0.05, 0) is 40.5 Å². The number of hydrogen-bond donors (Lipinski definition) is 1. The Morgan fingerprint density at radius 3 is 2.54 bits per heavy atom. The lowest BCUT2D eigenvalue weighted by Crippen LogP contribution is -2.58. The predicted molar refractivity (Wildman–Crippen MR) is 142 cm³/mol. The molecule has 202 valence electrons. The summed E-state index contributed by atoms with van der Waals surface area (Å²) in [6.45, 7) is 8.96. The molecule has 2 fully saturated rings. The second kappa shape index (κ2) is 8.85. The molecule has 1 N–H and O–H groups in total. The third-order valence-corrected chi connectivity index (χ3v) is 7.00. The summed E-state index contributed by atoms with van der Waals surface area (Å²) >= 11 is 0. The van der Waals surface area contributed by atoms with E-state index in [0.717, 1.165) is 12.8 Å². The molecule has 1 aliphatic carbocycles. The first-order valence-electron chi connectivity index (χ1n) is 12.8. The van der Waals surface area contributed by atoms with Crippen molar-refractivity contribution in [3.05, 3.63) is 54.1 Å². The first-order chi connectivity index (χ1) is 18.5. The van der Waals surface area contributed by atoms with E-state index in [9.17, 15) is 14.0 Å². The van der Waals surface area contributed by atoms with Gasteiger partial charge in [-0.3, -0.25) is 14.7 Å². The van der Waals surface area contributed by atoms with E-state index in [1.807, 2.05) is 25.7 Å². The van der Waals surface area contributed by atoms with Crippen molar-refractivity contribution < 1.29 is 18.7 Å². The first kappa shape index (κ1) is 25.0. The molecular weight excluding hydrogens is 503 g/mol. The molecule has 5 heterocycles. The molecule has 0 bridgehead atoms. The molecule has 1 aliphatic heterocycles. The molecule has 1 saturated heterocycles. The number of aromatic nitrogens is 5. The van der Waals surface area contributed by atoms with E-state index in [1.165, 1.54) is 22.9 Å². The third kappa shape index (κ3) is 4.59. The van der Waals surface area contributed by atoms with E-state index in [0.29, 0.717) is 42.2 Å². The van der Waals surface area contributed by atoms with Crippen LogP contribution in [-0.4, -0.2) is 72.0 Å². The Kier molecular flexibility index (Phi) is 5.67. The number of amides is 2. The van der Waals surface area contributed by atoms with Gasteiger partial charge >= 0.3 is 6.09 Å². The highest BCUT2D eigenvalue weighted by Crippen LogP contribution is 2.46. The predicted octanol–water partition coefficient (Wildman–Crippen LogP) is 3.96. The van der Waals surface area contributed by atoms with Gasteiger partial charge < -0.3 is 19.4 Å². The molecule has 0 aromatic carbocycles. The zero-order valence-electron chi connectivity index (χ0n) is 22.2. The molecule has 39 heavy (non-hydrogen) atoms. The number of aryl methyl sites for hydroxylation is 1. The lowest BCUT2D eigenvalue weighted by molar-refractivity contribution is 0.0106. The van der Waals surface area contributed by atoms with E-state index < -0.39 is 17.3 Å². The molecule has 4 aromatic heterocycles. The standard InChI is InChI=1S/C27H29FN8O3/c1-16-13-35-14-17(11-19(28)22(35)32-16)33-24(37)18-12-31-23(21-20(18)29-7-8-30-21)34-9-10-36(27(15-34)5-6-27)25(38)39-26(2,3)4/h7-8,11-14H,5-6,9-10,15H2,1-4H3,(H,33,37). The van der Waals surface area contributed by atoms with Crippen LogP contribution < -0.4 is 10.2 Å². The van der Waals surface area contributed by atoms with Crippen LogP contribution in [0.4, 0.5) is 20.7 Å². The average molecular weight is 533 g/mol. The van der Waals surface area contributed by atoms with E-state index in [1.54, 1.807) is 25.5 Å². The van der Waals surface area contributed by atoms with E-state index in [2.05, 4.69) is 30.2 Å². The molecule has 0 radical (unpaired) electrons. The largest absolute Gasteiger partial charge is 0.444 e. The molecule has 2 aliphatic rings. The van der Waals surface area contributed by atoms with Crippen LogP contribution in [0.2, 0.25) is 0 Å². The molecule has 0 atom stereocenters. The van der Waals surface area contributed by atoms with Crippen LogP contribution in [-0.2, 0) is 4.74 Å². The molecular formula is C27H29FN8O3. The zero-order valence-corrected chi connectivity index (χ0v) is 22.2. The topological polar surface area (TPSA) is 118 Å². The van der Waals surface area contributed by atoms with Crippen molar-refractivity contribution in [2.24, 2.45) is 0 Å². The van der Waals surface area contributed by atoms with Gasteiger partial charge in [0.15, 0.2) is 17.3 Å². The van der Waals surface area contributed by atoms with Gasteiger partial charge in [0, 0.05) is 56.7 Å². The third-order valence-electron chi connectivity index (χ3n) is 7.00. The molecule has 4 aromatic rings. The van der Waals surface area contributed by atoms with Gasteiger partial charge in [0.05, 0.1) is 22.5 Å². The van der Waals surface area contributed by atoms with Crippen molar-refractivity contribution in [3.63, 3.8) is 0 Å². The fourth-order valence-corrected chi connectivity index (χ4v) is 5.12. The summed E-state index contributed by atoms with van der Waals surface area (Å²) in [6, 6.07) is 1.23. The molecule has 11 nitrogen and oxygen atoms in total. The molecule has 1 spiro atoms. The van der Waals surface area contributed by atoms with Crippen LogP contribution >= 0.6 is 0 Å². The van der Waals surface area contributed by atoms with Crippen molar-refractivity contribution in [1.29, 1.82) is 0 Å². The number of carbonyl (C=O) groups excluding carboxylic acids is 2. The Hall–Kier alpha value is -4.35. The minimum atomic E-state index is -0.566. The number of fused-ring (bicyclic) bond motifs is 2. The Morgan fingerprint density at radius 1 is 1.08 bits per heavy atom. The lowest BCUT2D eigenvalue weighted by Gasteiger charge is -2.42. The van der Waals surface area contributed by atoms with Crippen molar-refractivity contribution in [2.45, 2.75) is 51.7 Å². The van der Waals surface area contributed by atoms with Crippen molar-refractivity contribution in [1.82, 2.24) is 29.2 Å². The van der Waals surface area contributed by atoms with Gasteiger partial charge in [0.25, 0.3) is 5.91 Å². The maximum Gasteiger partial charge on any atom is 0.410 e. The van der Waals surface area contributed by atoms with E-state index >= 15 is 0 Å². The van der Waals surface area contributed by atoms with Crippen LogP contribution in [0.5, 0.6) is 0 Å². The van der Waals surface area contributed by atoms with Crippen molar-refractivity contribution in [3.8, 4) is 0 Å². The van der Waals surface area contributed by atoms with Crippen molar-refractivity contribution in [2.75, 3.05) is 29.9 Å². The number of anilines is 2. The number of piperazine rings is 1. The molecule has 6 rings (SSSR count). The minimum absolute atomic E-state index is 0.188. The quantitative estimate of drug-likeness (QED) is 0.421. The summed E-state index contributed by atoms with van der Waals surface area (Å²) in [4.78, 5) is 47.8. The Balaban J connectivity index is 1.27. The Morgan fingerprint density at radius 2 is 1.82 bits per heavy atom. The maximum absolute atomic E-state index is 14.5. The molecule has 1 saturated carbocycles. The van der Waals surface area contributed by atoms with Crippen LogP contribution in [0.15, 0.2) is 37.1 Å². The molecule has 0 unspecified atom stereocenters. The highest BCUT2D eigenvalue weighted by atomic mass is 19.1. The van der Waals surface area contributed by atoms with Crippen LogP contribution in [0.3, 0.4) is 0 Å². The maximum atomic E-state index is 14.5. The monoisotopic (exact) mass is 532 g/mol. The van der Waals surface area contributed by atoms with Gasteiger partial charge in [-0.25, -0.2) is 24.1 Å². The van der Waals surface area contributed by atoms with Gasteiger partial charge in [-0.2, -0.15) is 0 Å². The number of imidazole rings is 1. The van der Waals surface area contributed by atoms with Crippen molar-refractivity contribution >= 4 is 40.2 Å². The van der Waals surface area contributed by atoms with Gasteiger partial charge in [-0.15, -0.1) is 0 Å². The molecule has 12 heteroatoms. The van der Waals surface area contributed by atoms with Crippen LogP contribution in [0.1, 0.15) is 49.7 Å². The van der Waals surface area contributed by atoms with Crippen LogP contribution in [0, 0.1) is 12.7 Å². The number of halogens is 1. The number of hydrogen-bond acceptors (Lipinski definition) is 8. The van der Waals surface area contributed by atoms with E-state index in [-0.39, 0.29) is 28.5 Å². The van der Waals surface area contributed by atoms with Gasteiger partial charge in [0.1, 0.15) is 16.6 Å². The fourth-order valence-electron chi connectivity index (χ4n) is 5.12. The van der Waals surface area contributed by atoms with E-state index in [4.69, 9.17) is 4.74 Å². The number of ether oxygens (including phenoxy) is 1. The zero-order chi connectivity index (χ0) is 27.5.